The second-order valence-electron chi connectivity index (χ2n) is 3.62. The number of carbonyl (C=O) groups is 1. The zero-order valence-corrected chi connectivity index (χ0v) is 10.4. The third kappa shape index (κ3) is 4.39. The molecule has 0 aliphatic rings. The summed E-state index contributed by atoms with van der Waals surface area (Å²) >= 11 is 11.9. The third-order valence-corrected chi connectivity index (χ3v) is 2.76. The molecule has 1 N–H and O–H groups in total. The number of carboxylic acids is 1. The molecule has 16 heavy (non-hydrogen) atoms. The summed E-state index contributed by atoms with van der Waals surface area (Å²) in [6, 6.07) is 5.26. The average molecular weight is 262 g/mol. The van der Waals surface area contributed by atoms with Crippen molar-refractivity contribution in [3.05, 3.63) is 33.8 Å². The Bertz CT molecular complexity index is 382. The number of hydrogen-bond donors (Lipinski definition) is 1. The smallest absolute Gasteiger partial charge is 0.304 e. The van der Waals surface area contributed by atoms with Gasteiger partial charge in [0, 0.05) is 23.1 Å². The van der Waals surface area contributed by atoms with Crippen LogP contribution in [0.2, 0.25) is 10.0 Å². The van der Waals surface area contributed by atoms with E-state index in [-0.39, 0.29) is 6.42 Å². The van der Waals surface area contributed by atoms with Gasteiger partial charge >= 0.3 is 5.97 Å². The lowest BCUT2D eigenvalue weighted by molar-refractivity contribution is -0.137. The molecule has 0 aliphatic carbocycles. The Morgan fingerprint density at radius 2 is 2.12 bits per heavy atom. The van der Waals surface area contributed by atoms with Crippen LogP contribution in [0.25, 0.3) is 0 Å². The van der Waals surface area contributed by atoms with E-state index in [1.54, 1.807) is 18.2 Å². The molecular formula is C11H13Cl2NO2. The average Bonchev–Trinajstić information content (AvgIpc) is 2.20. The normalized spacial score (nSPS) is 10.8. The molecule has 0 fully saturated rings. The Kier molecular flexibility index (Phi) is 5.06. The van der Waals surface area contributed by atoms with Gasteiger partial charge in [-0.3, -0.25) is 4.79 Å². The van der Waals surface area contributed by atoms with Crippen molar-refractivity contribution in [1.82, 2.24) is 4.90 Å². The van der Waals surface area contributed by atoms with Gasteiger partial charge < -0.3 is 10.0 Å². The summed E-state index contributed by atoms with van der Waals surface area (Å²) in [5, 5.41) is 9.83. The molecule has 0 aromatic heterocycles. The highest BCUT2D eigenvalue weighted by Gasteiger charge is 2.06. The second-order valence-corrected chi connectivity index (χ2v) is 4.46. The number of rotatable bonds is 5. The molecule has 0 atom stereocenters. The molecule has 0 heterocycles. The van der Waals surface area contributed by atoms with Crippen molar-refractivity contribution in [2.75, 3.05) is 13.6 Å². The van der Waals surface area contributed by atoms with Crippen LogP contribution < -0.4 is 0 Å². The largest absolute Gasteiger partial charge is 0.481 e. The van der Waals surface area contributed by atoms with Crippen molar-refractivity contribution in [3.8, 4) is 0 Å². The van der Waals surface area contributed by atoms with E-state index in [0.717, 1.165) is 5.56 Å². The number of hydrogen-bond acceptors (Lipinski definition) is 2. The molecule has 0 saturated heterocycles. The van der Waals surface area contributed by atoms with Gasteiger partial charge in [0.2, 0.25) is 0 Å². The van der Waals surface area contributed by atoms with E-state index in [4.69, 9.17) is 28.3 Å². The fourth-order valence-corrected chi connectivity index (χ4v) is 1.69. The summed E-state index contributed by atoms with van der Waals surface area (Å²) in [6.07, 6.45) is 0.120. The summed E-state index contributed by atoms with van der Waals surface area (Å²) < 4.78 is 0. The minimum absolute atomic E-state index is 0.120. The predicted octanol–water partition coefficient (Wildman–Crippen LogP) is 2.90. The van der Waals surface area contributed by atoms with Crippen molar-refractivity contribution in [2.45, 2.75) is 13.0 Å². The summed E-state index contributed by atoms with van der Waals surface area (Å²) in [7, 11) is 1.85. The van der Waals surface area contributed by atoms with Gasteiger partial charge in [-0.2, -0.15) is 0 Å². The maximum atomic E-state index is 10.4. The molecule has 0 radical (unpaired) electrons. The maximum absolute atomic E-state index is 10.4. The monoisotopic (exact) mass is 261 g/mol. The van der Waals surface area contributed by atoms with E-state index in [1.807, 2.05) is 11.9 Å². The zero-order chi connectivity index (χ0) is 12.1. The van der Waals surface area contributed by atoms with Gasteiger partial charge in [0.25, 0.3) is 0 Å². The first-order valence-electron chi connectivity index (χ1n) is 4.83. The van der Waals surface area contributed by atoms with Crippen LogP contribution in [0.3, 0.4) is 0 Å². The Balaban J connectivity index is 2.58. The van der Waals surface area contributed by atoms with Crippen LogP contribution in [-0.4, -0.2) is 29.6 Å². The number of nitrogens with zero attached hydrogens (tertiary/aromatic N) is 1. The van der Waals surface area contributed by atoms with Gasteiger partial charge in [-0.1, -0.05) is 23.2 Å². The highest BCUT2D eigenvalue weighted by Crippen LogP contribution is 2.21. The maximum Gasteiger partial charge on any atom is 0.304 e. The molecule has 0 saturated carbocycles. The zero-order valence-electron chi connectivity index (χ0n) is 8.91. The van der Waals surface area contributed by atoms with Gasteiger partial charge in [-0.25, -0.2) is 0 Å². The van der Waals surface area contributed by atoms with Crippen LogP contribution in [-0.2, 0) is 11.3 Å². The van der Waals surface area contributed by atoms with Crippen molar-refractivity contribution in [2.24, 2.45) is 0 Å². The lowest BCUT2D eigenvalue weighted by Crippen LogP contribution is -2.21. The number of halogens is 2. The van der Waals surface area contributed by atoms with Gasteiger partial charge in [-0.05, 0) is 30.8 Å². The van der Waals surface area contributed by atoms with Crippen molar-refractivity contribution >= 4 is 29.2 Å². The molecule has 3 nitrogen and oxygen atoms in total. The molecule has 1 rings (SSSR count). The van der Waals surface area contributed by atoms with Crippen LogP contribution in [0.15, 0.2) is 18.2 Å². The number of aliphatic carboxylic acids is 1. The minimum Gasteiger partial charge on any atom is -0.481 e. The van der Waals surface area contributed by atoms with E-state index in [2.05, 4.69) is 0 Å². The molecule has 0 unspecified atom stereocenters. The third-order valence-electron chi connectivity index (χ3n) is 2.16. The topological polar surface area (TPSA) is 40.5 Å². The fourth-order valence-electron chi connectivity index (χ4n) is 1.32. The Morgan fingerprint density at radius 3 is 2.75 bits per heavy atom. The predicted molar refractivity (Wildman–Crippen MR) is 65.0 cm³/mol. The Morgan fingerprint density at radius 1 is 1.44 bits per heavy atom. The molecule has 1 aromatic carbocycles. The van der Waals surface area contributed by atoms with Crippen molar-refractivity contribution in [3.63, 3.8) is 0 Å². The molecule has 1 aromatic rings. The molecule has 5 heteroatoms. The quantitative estimate of drug-likeness (QED) is 0.886. The minimum atomic E-state index is -0.802. The Labute approximate surface area is 105 Å². The number of carboxylic acid groups (broad SMARTS) is 1. The molecule has 0 amide bonds. The summed E-state index contributed by atoms with van der Waals surface area (Å²) in [5.74, 6) is -0.802. The lowest BCUT2D eigenvalue weighted by atomic mass is 10.2. The summed E-state index contributed by atoms with van der Waals surface area (Å²) in [5.41, 5.74) is 0.905. The van der Waals surface area contributed by atoms with E-state index >= 15 is 0 Å². The standard InChI is InChI=1S/C11H13Cl2NO2/c1-14(5-4-11(15)16)7-8-6-9(12)2-3-10(8)13/h2-3,6H,4-5,7H2,1H3,(H,15,16). The van der Waals surface area contributed by atoms with Crippen LogP contribution >= 0.6 is 23.2 Å². The SMILES string of the molecule is CN(CCC(=O)O)Cc1cc(Cl)ccc1Cl. The van der Waals surface area contributed by atoms with Crippen LogP contribution in [0, 0.1) is 0 Å². The fraction of sp³-hybridized carbons (Fsp3) is 0.364. The summed E-state index contributed by atoms with van der Waals surface area (Å²) in [4.78, 5) is 12.3. The van der Waals surface area contributed by atoms with Crippen LogP contribution in [0.4, 0.5) is 0 Å². The summed E-state index contributed by atoms with van der Waals surface area (Å²) in [6.45, 7) is 1.07. The molecule has 0 aliphatic heterocycles. The van der Waals surface area contributed by atoms with Gasteiger partial charge in [0.05, 0.1) is 6.42 Å². The van der Waals surface area contributed by atoms with Crippen LogP contribution in [0.5, 0.6) is 0 Å². The van der Waals surface area contributed by atoms with Crippen molar-refractivity contribution in [1.29, 1.82) is 0 Å². The second kappa shape index (κ2) is 6.09. The Hall–Kier alpha value is -0.770. The molecular weight excluding hydrogens is 249 g/mol. The van der Waals surface area contributed by atoms with E-state index in [9.17, 15) is 4.79 Å². The van der Waals surface area contributed by atoms with E-state index < -0.39 is 5.97 Å². The van der Waals surface area contributed by atoms with Gasteiger partial charge in [0.1, 0.15) is 0 Å². The molecule has 88 valence electrons. The molecule has 0 spiro atoms. The van der Waals surface area contributed by atoms with Gasteiger partial charge in [0.15, 0.2) is 0 Å². The highest BCUT2D eigenvalue weighted by atomic mass is 35.5. The van der Waals surface area contributed by atoms with Crippen LogP contribution in [0.1, 0.15) is 12.0 Å². The highest BCUT2D eigenvalue weighted by molar-refractivity contribution is 6.33. The van der Waals surface area contributed by atoms with E-state index in [1.165, 1.54) is 0 Å². The van der Waals surface area contributed by atoms with E-state index in [0.29, 0.717) is 23.1 Å². The number of benzene rings is 1. The van der Waals surface area contributed by atoms with Gasteiger partial charge in [-0.15, -0.1) is 0 Å². The molecule has 0 bridgehead atoms. The lowest BCUT2D eigenvalue weighted by Gasteiger charge is -2.16. The first kappa shape index (κ1) is 13.3. The first-order valence-corrected chi connectivity index (χ1v) is 5.59. The first-order chi connectivity index (χ1) is 7.49. The van der Waals surface area contributed by atoms with Crippen molar-refractivity contribution < 1.29 is 9.90 Å².